The minimum atomic E-state index is -0.280. The van der Waals surface area contributed by atoms with Gasteiger partial charge in [-0.1, -0.05) is 30.3 Å². The largest absolute Gasteiger partial charge is 0.362 e. The molecule has 0 aliphatic rings. The maximum atomic E-state index is 12.4. The molecule has 0 saturated carbocycles. The fourth-order valence-electron chi connectivity index (χ4n) is 2.49. The topological polar surface area (TPSA) is 75.9 Å². The van der Waals surface area contributed by atoms with Gasteiger partial charge in [-0.2, -0.15) is 5.10 Å². The molecule has 7 heteroatoms. The van der Waals surface area contributed by atoms with Crippen molar-refractivity contribution in [1.29, 1.82) is 0 Å². The molecule has 1 amide bonds. The maximum absolute atomic E-state index is 12.4. The zero-order valence-electron chi connectivity index (χ0n) is 14.0. The van der Waals surface area contributed by atoms with Crippen LogP contribution in [-0.4, -0.2) is 46.3 Å². The van der Waals surface area contributed by atoms with Crippen molar-refractivity contribution in [3.05, 3.63) is 47.9 Å². The lowest BCUT2D eigenvalue weighted by Crippen LogP contribution is -2.28. The van der Waals surface area contributed by atoms with E-state index in [2.05, 4.69) is 20.4 Å². The second-order valence-electron chi connectivity index (χ2n) is 5.76. The third kappa shape index (κ3) is 3.19. The molecule has 124 valence electrons. The quantitative estimate of drug-likeness (QED) is 0.768. The van der Waals surface area contributed by atoms with Gasteiger partial charge in [0.05, 0.1) is 11.6 Å². The van der Waals surface area contributed by atoms with E-state index in [4.69, 9.17) is 0 Å². The average Bonchev–Trinajstić information content (AvgIpc) is 2.96. The van der Waals surface area contributed by atoms with Crippen molar-refractivity contribution in [2.24, 2.45) is 7.05 Å². The number of carbonyl (C=O) groups is 1. The predicted molar refractivity (Wildman–Crippen MR) is 93.1 cm³/mol. The smallest absolute Gasteiger partial charge is 0.289 e. The Morgan fingerprint density at radius 2 is 1.96 bits per heavy atom. The number of hydrogen-bond acceptors (Lipinski definition) is 5. The number of aromatic nitrogens is 4. The molecule has 7 nitrogen and oxygen atoms in total. The van der Waals surface area contributed by atoms with Crippen LogP contribution in [0.4, 0.5) is 5.82 Å². The number of anilines is 1. The maximum Gasteiger partial charge on any atom is 0.289 e. The molecule has 3 rings (SSSR count). The van der Waals surface area contributed by atoms with Gasteiger partial charge in [0, 0.05) is 27.7 Å². The summed E-state index contributed by atoms with van der Waals surface area (Å²) in [5, 5.41) is 7.90. The van der Waals surface area contributed by atoms with E-state index in [9.17, 15) is 4.79 Å². The van der Waals surface area contributed by atoms with E-state index in [1.165, 1.54) is 5.56 Å². The molecule has 24 heavy (non-hydrogen) atoms. The van der Waals surface area contributed by atoms with Crippen molar-refractivity contribution in [3.63, 3.8) is 0 Å². The van der Waals surface area contributed by atoms with Gasteiger partial charge >= 0.3 is 0 Å². The number of hydrogen-bond donors (Lipinski definition) is 1. The third-order valence-corrected chi connectivity index (χ3v) is 3.74. The number of amides is 1. The van der Waals surface area contributed by atoms with E-state index in [-0.39, 0.29) is 11.7 Å². The molecule has 0 aliphatic carbocycles. The Hall–Kier alpha value is -2.96. The molecule has 0 aliphatic heterocycles. The standard InChI is InChI=1S/C17H20N6O/c1-22(2)15-13-11-19-23(3)16(13)21-14(20-15)17(24)18-10-9-12-7-5-4-6-8-12/h4-8,11H,9-10H2,1-3H3,(H,18,24). The Bertz CT molecular complexity index is 856. The Labute approximate surface area is 140 Å². The SMILES string of the molecule is CN(C)c1nc(C(=O)NCCc2ccccc2)nc2c1cnn2C. The highest BCUT2D eigenvalue weighted by Crippen LogP contribution is 2.21. The minimum absolute atomic E-state index is 0.155. The van der Waals surface area contributed by atoms with Crippen LogP contribution >= 0.6 is 0 Å². The Morgan fingerprint density at radius 3 is 2.67 bits per heavy atom. The molecule has 0 atom stereocenters. The molecule has 2 aromatic heterocycles. The number of benzene rings is 1. The van der Waals surface area contributed by atoms with Crippen molar-refractivity contribution in [2.45, 2.75) is 6.42 Å². The second-order valence-corrected chi connectivity index (χ2v) is 5.76. The second kappa shape index (κ2) is 6.66. The van der Waals surface area contributed by atoms with Crippen LogP contribution in [-0.2, 0) is 13.5 Å². The summed E-state index contributed by atoms with van der Waals surface area (Å²) in [6.45, 7) is 0.535. The van der Waals surface area contributed by atoms with Crippen LogP contribution in [0.5, 0.6) is 0 Å². The van der Waals surface area contributed by atoms with Crippen LogP contribution in [0.3, 0.4) is 0 Å². The first-order valence-corrected chi connectivity index (χ1v) is 7.75. The average molecular weight is 324 g/mol. The van der Waals surface area contributed by atoms with Gasteiger partial charge < -0.3 is 10.2 Å². The Balaban J connectivity index is 1.78. The monoisotopic (exact) mass is 324 g/mol. The molecule has 2 heterocycles. The number of aryl methyl sites for hydroxylation is 1. The molecular weight excluding hydrogens is 304 g/mol. The summed E-state index contributed by atoms with van der Waals surface area (Å²) in [6.07, 6.45) is 2.48. The number of rotatable bonds is 5. The van der Waals surface area contributed by atoms with Gasteiger partial charge in [0.25, 0.3) is 5.91 Å². The summed E-state index contributed by atoms with van der Waals surface area (Å²) in [5.74, 6) is 0.557. The molecule has 0 bridgehead atoms. The summed E-state index contributed by atoms with van der Waals surface area (Å²) >= 11 is 0. The van der Waals surface area contributed by atoms with Crippen LogP contribution in [0, 0.1) is 0 Å². The zero-order valence-corrected chi connectivity index (χ0v) is 14.0. The zero-order chi connectivity index (χ0) is 17.1. The molecule has 1 aromatic carbocycles. The number of nitrogens with one attached hydrogen (secondary N) is 1. The summed E-state index contributed by atoms with van der Waals surface area (Å²) in [4.78, 5) is 23.0. The van der Waals surface area contributed by atoms with Crippen molar-refractivity contribution < 1.29 is 4.79 Å². The first kappa shape index (κ1) is 15.9. The Kier molecular flexibility index (Phi) is 4.41. The van der Waals surface area contributed by atoms with Crippen LogP contribution in [0.15, 0.2) is 36.5 Å². The first-order valence-electron chi connectivity index (χ1n) is 7.75. The van der Waals surface area contributed by atoms with E-state index in [1.807, 2.05) is 49.3 Å². The van der Waals surface area contributed by atoms with Crippen molar-refractivity contribution >= 4 is 22.8 Å². The molecule has 1 N–H and O–H groups in total. The highest BCUT2D eigenvalue weighted by Gasteiger charge is 2.17. The van der Waals surface area contributed by atoms with E-state index in [1.54, 1.807) is 17.9 Å². The third-order valence-electron chi connectivity index (χ3n) is 3.74. The lowest BCUT2D eigenvalue weighted by molar-refractivity contribution is 0.0944. The van der Waals surface area contributed by atoms with E-state index in [0.717, 1.165) is 11.8 Å². The Morgan fingerprint density at radius 1 is 1.21 bits per heavy atom. The predicted octanol–water partition coefficient (Wildman–Crippen LogP) is 1.40. The summed E-state index contributed by atoms with van der Waals surface area (Å²) in [6, 6.07) is 10.0. The fraction of sp³-hybridized carbons (Fsp3) is 0.294. The molecule has 0 fully saturated rings. The van der Waals surface area contributed by atoms with Crippen LogP contribution in [0.1, 0.15) is 16.2 Å². The normalized spacial score (nSPS) is 10.8. The fourth-order valence-corrected chi connectivity index (χ4v) is 2.49. The molecule has 3 aromatic rings. The van der Waals surface area contributed by atoms with Crippen molar-refractivity contribution in [3.8, 4) is 0 Å². The highest BCUT2D eigenvalue weighted by atomic mass is 16.2. The van der Waals surface area contributed by atoms with Gasteiger partial charge in [-0.3, -0.25) is 9.48 Å². The molecule has 0 unspecified atom stereocenters. The molecule has 0 radical (unpaired) electrons. The van der Waals surface area contributed by atoms with E-state index < -0.39 is 0 Å². The molecular formula is C17H20N6O. The van der Waals surface area contributed by atoms with Crippen molar-refractivity contribution in [2.75, 3.05) is 25.5 Å². The number of carbonyl (C=O) groups excluding carboxylic acids is 1. The van der Waals surface area contributed by atoms with Crippen molar-refractivity contribution in [1.82, 2.24) is 25.1 Å². The summed E-state index contributed by atoms with van der Waals surface area (Å²) in [7, 11) is 5.56. The van der Waals surface area contributed by atoms with Gasteiger partial charge in [-0.25, -0.2) is 9.97 Å². The number of nitrogens with zero attached hydrogens (tertiary/aromatic N) is 5. The first-order chi connectivity index (χ1) is 11.6. The molecule has 0 spiro atoms. The van der Waals surface area contributed by atoms with Gasteiger partial charge in [0.15, 0.2) is 5.65 Å². The lowest BCUT2D eigenvalue weighted by Gasteiger charge is -2.13. The highest BCUT2D eigenvalue weighted by molar-refractivity contribution is 5.95. The van der Waals surface area contributed by atoms with Gasteiger partial charge in [-0.15, -0.1) is 0 Å². The number of fused-ring (bicyclic) bond motifs is 1. The summed E-state index contributed by atoms with van der Waals surface area (Å²) in [5.41, 5.74) is 1.82. The van der Waals surface area contributed by atoms with Crippen LogP contribution < -0.4 is 10.2 Å². The van der Waals surface area contributed by atoms with E-state index in [0.29, 0.717) is 18.0 Å². The summed E-state index contributed by atoms with van der Waals surface area (Å²) < 4.78 is 1.64. The van der Waals surface area contributed by atoms with Gasteiger partial charge in [-0.05, 0) is 12.0 Å². The van der Waals surface area contributed by atoms with Gasteiger partial charge in [0.2, 0.25) is 5.82 Å². The van der Waals surface area contributed by atoms with Crippen LogP contribution in [0.2, 0.25) is 0 Å². The minimum Gasteiger partial charge on any atom is -0.362 e. The molecule has 0 saturated heterocycles. The van der Waals surface area contributed by atoms with Gasteiger partial charge in [0.1, 0.15) is 5.82 Å². The lowest BCUT2D eigenvalue weighted by atomic mass is 10.1. The van der Waals surface area contributed by atoms with E-state index >= 15 is 0 Å². The van der Waals surface area contributed by atoms with Crippen LogP contribution in [0.25, 0.3) is 11.0 Å².